The number of benzene rings is 8. The molecule has 0 saturated heterocycles. The summed E-state index contributed by atoms with van der Waals surface area (Å²) in [6.07, 6.45) is 0. The van der Waals surface area contributed by atoms with Crippen LogP contribution in [-0.2, 0) is 0 Å². The Balaban J connectivity index is 1.31. The van der Waals surface area contributed by atoms with Crippen molar-refractivity contribution in [3.63, 3.8) is 0 Å². The van der Waals surface area contributed by atoms with Gasteiger partial charge < -0.3 is 0 Å². The third kappa shape index (κ3) is 4.90. The molecule has 1 heterocycles. The van der Waals surface area contributed by atoms with Gasteiger partial charge in [-0.2, -0.15) is 0 Å². The van der Waals surface area contributed by atoms with Crippen LogP contribution >= 0.6 is 0 Å². The fourth-order valence-electron chi connectivity index (χ4n) is 6.81. The minimum absolute atomic E-state index is 0.644. The van der Waals surface area contributed by atoms with Gasteiger partial charge in [0.05, 0.1) is 0 Å². The summed E-state index contributed by atoms with van der Waals surface area (Å²) in [5.74, 6) is 1.94. The number of hydrogen-bond acceptors (Lipinski definition) is 3. The minimum Gasteiger partial charge on any atom is -0.208 e. The van der Waals surface area contributed by atoms with Crippen LogP contribution in [0.3, 0.4) is 0 Å². The summed E-state index contributed by atoms with van der Waals surface area (Å²) < 4.78 is 0. The molecule has 0 unspecified atom stereocenters. The second-order valence-electron chi connectivity index (χ2n) is 12.0. The third-order valence-electron chi connectivity index (χ3n) is 9.12. The first-order valence-electron chi connectivity index (χ1n) is 16.2. The van der Waals surface area contributed by atoms with Crippen LogP contribution in [0.15, 0.2) is 176 Å². The van der Waals surface area contributed by atoms with E-state index in [2.05, 4.69) is 152 Å². The van der Waals surface area contributed by atoms with Gasteiger partial charge in [-0.3, -0.25) is 0 Å². The number of nitrogens with zero attached hydrogens (tertiary/aromatic N) is 3. The molecule has 0 saturated carbocycles. The Morgan fingerprint density at radius 1 is 0.271 bits per heavy atom. The maximum atomic E-state index is 5.28. The monoisotopic (exact) mass is 611 g/mol. The van der Waals surface area contributed by atoms with Gasteiger partial charge >= 0.3 is 0 Å². The van der Waals surface area contributed by atoms with E-state index in [1.54, 1.807) is 0 Å². The van der Waals surface area contributed by atoms with E-state index in [4.69, 9.17) is 15.0 Å². The fourth-order valence-corrected chi connectivity index (χ4v) is 6.81. The van der Waals surface area contributed by atoms with Gasteiger partial charge in [-0.1, -0.05) is 164 Å². The molecule has 0 bridgehead atoms. The molecule has 0 aliphatic rings. The van der Waals surface area contributed by atoms with Crippen molar-refractivity contribution < 1.29 is 0 Å². The number of rotatable bonds is 5. The molecule has 0 atom stereocenters. The van der Waals surface area contributed by atoms with Gasteiger partial charge in [-0.25, -0.2) is 15.0 Å². The van der Waals surface area contributed by atoms with Crippen LogP contribution in [0.2, 0.25) is 0 Å². The Morgan fingerprint density at radius 3 is 1.58 bits per heavy atom. The molecule has 9 aromatic rings. The predicted octanol–water partition coefficient (Wildman–Crippen LogP) is 11.7. The minimum atomic E-state index is 0.644. The largest absolute Gasteiger partial charge is 0.208 e. The van der Waals surface area contributed by atoms with Crippen LogP contribution in [0.25, 0.3) is 88.7 Å². The second kappa shape index (κ2) is 11.7. The Bertz CT molecular complexity index is 2600. The lowest BCUT2D eigenvalue weighted by Gasteiger charge is -2.16. The molecule has 224 valence electrons. The molecule has 0 spiro atoms. The van der Waals surface area contributed by atoms with Gasteiger partial charge in [0, 0.05) is 22.3 Å². The highest BCUT2D eigenvalue weighted by Gasteiger charge is 2.20. The summed E-state index contributed by atoms with van der Waals surface area (Å²) in [6, 6.07) is 61.7. The first-order chi connectivity index (χ1) is 23.8. The van der Waals surface area contributed by atoms with Crippen molar-refractivity contribution >= 4 is 32.3 Å². The summed E-state index contributed by atoms with van der Waals surface area (Å²) >= 11 is 0. The Hall–Kier alpha value is -6.45. The van der Waals surface area contributed by atoms with E-state index in [-0.39, 0.29) is 0 Å². The van der Waals surface area contributed by atoms with Crippen molar-refractivity contribution in [1.82, 2.24) is 15.0 Å². The van der Waals surface area contributed by atoms with Crippen molar-refractivity contribution in [3.05, 3.63) is 176 Å². The summed E-state index contributed by atoms with van der Waals surface area (Å²) in [4.78, 5) is 15.6. The van der Waals surface area contributed by atoms with E-state index < -0.39 is 0 Å². The van der Waals surface area contributed by atoms with Gasteiger partial charge in [0.2, 0.25) is 0 Å². The Labute approximate surface area is 278 Å². The molecule has 9 rings (SSSR count). The summed E-state index contributed by atoms with van der Waals surface area (Å²) in [6.45, 7) is 0. The van der Waals surface area contributed by atoms with E-state index in [1.165, 1.54) is 27.3 Å². The molecule has 3 heteroatoms. The molecule has 0 aliphatic heterocycles. The average molecular weight is 612 g/mol. The number of aromatic nitrogens is 3. The summed E-state index contributed by atoms with van der Waals surface area (Å²) in [7, 11) is 0. The third-order valence-corrected chi connectivity index (χ3v) is 9.12. The lowest BCUT2D eigenvalue weighted by Crippen LogP contribution is -2.02. The van der Waals surface area contributed by atoms with Crippen LogP contribution in [0.5, 0.6) is 0 Å². The van der Waals surface area contributed by atoms with Crippen molar-refractivity contribution in [2.45, 2.75) is 0 Å². The Kier molecular flexibility index (Phi) is 6.80. The van der Waals surface area contributed by atoms with E-state index in [9.17, 15) is 0 Å². The normalized spacial score (nSPS) is 11.3. The zero-order chi connectivity index (χ0) is 31.9. The number of fused-ring (bicyclic) bond motifs is 3. The standard InChI is InChI=1S/C45H29N3/c1-3-13-30(14-4-1)34-26-27-37-35(29-34)20-12-24-40(37)44-46-43(33-17-5-2-6-18-33)47-45(48-44)41-28-25-32-16-8-10-22-38(32)42(41)39-23-11-19-31-15-7-9-21-36(31)39/h1-29H. The second-order valence-corrected chi connectivity index (χ2v) is 12.0. The zero-order valence-electron chi connectivity index (χ0n) is 26.1. The van der Waals surface area contributed by atoms with Crippen LogP contribution in [0, 0.1) is 0 Å². The first kappa shape index (κ1) is 27.8. The van der Waals surface area contributed by atoms with Gasteiger partial charge in [-0.15, -0.1) is 0 Å². The molecule has 0 fully saturated rings. The zero-order valence-corrected chi connectivity index (χ0v) is 26.1. The predicted molar refractivity (Wildman–Crippen MR) is 200 cm³/mol. The molecule has 0 amide bonds. The van der Waals surface area contributed by atoms with Crippen LogP contribution < -0.4 is 0 Å². The van der Waals surface area contributed by atoms with Crippen LogP contribution in [-0.4, -0.2) is 15.0 Å². The molecule has 0 aliphatic carbocycles. The molecule has 48 heavy (non-hydrogen) atoms. The topological polar surface area (TPSA) is 38.7 Å². The van der Waals surface area contributed by atoms with E-state index in [0.29, 0.717) is 17.5 Å². The molecule has 8 aromatic carbocycles. The molecule has 0 radical (unpaired) electrons. The van der Waals surface area contributed by atoms with Gasteiger partial charge in [0.1, 0.15) is 0 Å². The highest BCUT2D eigenvalue weighted by Crippen LogP contribution is 2.41. The first-order valence-corrected chi connectivity index (χ1v) is 16.2. The van der Waals surface area contributed by atoms with Crippen molar-refractivity contribution in [1.29, 1.82) is 0 Å². The van der Waals surface area contributed by atoms with Crippen molar-refractivity contribution in [3.8, 4) is 56.4 Å². The van der Waals surface area contributed by atoms with Crippen molar-refractivity contribution in [2.24, 2.45) is 0 Å². The maximum absolute atomic E-state index is 5.28. The fraction of sp³-hybridized carbons (Fsp3) is 0. The summed E-state index contributed by atoms with van der Waals surface area (Å²) in [5.41, 5.74) is 7.53. The van der Waals surface area contributed by atoms with E-state index >= 15 is 0 Å². The Morgan fingerprint density at radius 2 is 0.812 bits per heavy atom. The molecule has 3 nitrogen and oxygen atoms in total. The average Bonchev–Trinajstić information content (AvgIpc) is 3.17. The van der Waals surface area contributed by atoms with E-state index in [1.807, 2.05) is 24.3 Å². The van der Waals surface area contributed by atoms with Gasteiger partial charge in [0.15, 0.2) is 17.5 Å². The quantitative estimate of drug-likeness (QED) is 0.194. The number of hydrogen-bond donors (Lipinski definition) is 0. The van der Waals surface area contributed by atoms with Crippen LogP contribution in [0.4, 0.5) is 0 Å². The van der Waals surface area contributed by atoms with Crippen LogP contribution in [0.1, 0.15) is 0 Å². The highest BCUT2D eigenvalue weighted by atomic mass is 15.0. The summed E-state index contributed by atoms with van der Waals surface area (Å²) in [5, 5.41) is 6.96. The highest BCUT2D eigenvalue weighted by molar-refractivity contribution is 6.10. The molecular weight excluding hydrogens is 583 g/mol. The molecule has 0 N–H and O–H groups in total. The molecule has 1 aromatic heterocycles. The molecular formula is C45H29N3. The van der Waals surface area contributed by atoms with E-state index in [0.717, 1.165) is 44.0 Å². The maximum Gasteiger partial charge on any atom is 0.164 e. The van der Waals surface area contributed by atoms with Gasteiger partial charge in [0.25, 0.3) is 0 Å². The van der Waals surface area contributed by atoms with Gasteiger partial charge in [-0.05, 0) is 61.1 Å². The lowest BCUT2D eigenvalue weighted by atomic mass is 9.90. The van der Waals surface area contributed by atoms with Crippen molar-refractivity contribution in [2.75, 3.05) is 0 Å². The SMILES string of the molecule is c1ccc(-c2ccc3c(-c4nc(-c5ccccc5)nc(-c5ccc6ccccc6c5-c5cccc6ccccc56)n4)cccc3c2)cc1. The lowest BCUT2D eigenvalue weighted by molar-refractivity contribution is 1.08. The smallest absolute Gasteiger partial charge is 0.164 e.